The molecule has 14 nitrogen and oxygen atoms in total. The van der Waals surface area contributed by atoms with Crippen LogP contribution in [0.25, 0.3) is 11.2 Å². The van der Waals surface area contributed by atoms with Crippen LogP contribution in [0.5, 0.6) is 0 Å². The first-order valence-electron chi connectivity index (χ1n) is 8.11. The summed E-state index contributed by atoms with van der Waals surface area (Å²) in [5.74, 6) is -1.00. The lowest BCUT2D eigenvalue weighted by atomic mass is 9.99. The van der Waals surface area contributed by atoms with Crippen LogP contribution in [0, 0.1) is 0 Å². The van der Waals surface area contributed by atoms with Crippen molar-refractivity contribution in [2.75, 3.05) is 11.5 Å². The molecule has 1 fully saturated rings. The smallest absolute Gasteiger partial charge is 0.334 e. The number of nitrogen functional groups attached to an aromatic ring is 1. The summed E-state index contributed by atoms with van der Waals surface area (Å²) in [6, 6.07) is -1.24. The van der Waals surface area contributed by atoms with Crippen molar-refractivity contribution >= 4 is 45.7 Å². The number of Topliss-reactive ketones (excluding diaryl/α,β-unsaturated/α-hetero) is 1. The topological polar surface area (TPSA) is 232 Å². The molecule has 2 aromatic rings. The summed E-state index contributed by atoms with van der Waals surface area (Å²) >= 11 is 3.89. The molecule has 0 bridgehead atoms. The maximum absolute atomic E-state index is 12.5. The van der Waals surface area contributed by atoms with Gasteiger partial charge in [0.05, 0.1) is 12.4 Å². The lowest BCUT2D eigenvalue weighted by Crippen LogP contribution is -2.52. The minimum Gasteiger partial charge on any atom is -0.387 e. The Morgan fingerprint density at radius 1 is 1.34 bits per heavy atom. The van der Waals surface area contributed by atoms with Gasteiger partial charge in [0.1, 0.15) is 30.2 Å². The minimum absolute atomic E-state index is 0.0729. The van der Waals surface area contributed by atoms with E-state index < -0.39 is 52.8 Å². The van der Waals surface area contributed by atoms with Gasteiger partial charge in [-0.1, -0.05) is 0 Å². The lowest BCUT2D eigenvalue weighted by molar-refractivity contribution is -0.138. The molecule has 0 spiro atoms. The number of carbonyl (C=O) groups excluding carboxylic acids is 1. The van der Waals surface area contributed by atoms with Gasteiger partial charge in [0.2, 0.25) is 0 Å². The highest BCUT2D eigenvalue weighted by Crippen LogP contribution is 2.34. The first kappa shape index (κ1) is 21.8. The van der Waals surface area contributed by atoms with E-state index in [0.29, 0.717) is 0 Å². The molecule has 0 aliphatic carbocycles. The van der Waals surface area contributed by atoms with Gasteiger partial charge < -0.3 is 26.4 Å². The van der Waals surface area contributed by atoms with Crippen LogP contribution in [0.2, 0.25) is 0 Å². The number of thiol groups is 1. The molecule has 6 atom stereocenters. The van der Waals surface area contributed by atoms with Gasteiger partial charge in [-0.15, -0.1) is 0 Å². The van der Waals surface area contributed by atoms with Gasteiger partial charge in [0.25, 0.3) is 0 Å². The number of carbonyl (C=O) groups is 1. The second-order valence-corrected chi connectivity index (χ2v) is 7.80. The molecule has 0 radical (unpaired) electrons. The van der Waals surface area contributed by atoms with E-state index in [-0.39, 0.29) is 22.7 Å². The Morgan fingerprint density at radius 2 is 2.03 bits per heavy atom. The number of rotatable bonds is 7. The maximum Gasteiger partial charge on any atom is 0.334 e. The zero-order valence-corrected chi connectivity index (χ0v) is 16.3. The van der Waals surface area contributed by atoms with Crippen LogP contribution in [0.15, 0.2) is 12.7 Å². The fourth-order valence-corrected chi connectivity index (χ4v) is 3.60. The number of aliphatic hydroxyl groups is 2. The number of anilines is 1. The van der Waals surface area contributed by atoms with Gasteiger partial charge in [-0.3, -0.25) is 9.36 Å². The maximum atomic E-state index is 12.5. The zero-order valence-electron chi connectivity index (χ0n) is 14.6. The van der Waals surface area contributed by atoms with Crippen molar-refractivity contribution in [2.45, 2.75) is 36.7 Å². The molecule has 3 rings (SSSR count). The molecular formula is C13H19N7O7S2. The molecule has 1 aliphatic heterocycles. The number of aromatic nitrogens is 4. The Labute approximate surface area is 169 Å². The summed E-state index contributed by atoms with van der Waals surface area (Å²) in [5.41, 5.74) is 11.7. The van der Waals surface area contributed by atoms with Crippen LogP contribution in [-0.2, 0) is 24.0 Å². The van der Waals surface area contributed by atoms with Gasteiger partial charge in [0, 0.05) is 5.75 Å². The molecular weight excluding hydrogens is 430 g/mol. The van der Waals surface area contributed by atoms with E-state index in [1.165, 1.54) is 10.9 Å². The Kier molecular flexibility index (Phi) is 6.06. The molecule has 29 heavy (non-hydrogen) atoms. The molecule has 1 aliphatic rings. The average Bonchev–Trinajstić information content (AvgIpc) is 3.21. The number of hydrogen-bond donors (Lipinski definition) is 6. The summed E-state index contributed by atoms with van der Waals surface area (Å²) in [6.45, 7) is 0. The predicted octanol–water partition coefficient (Wildman–Crippen LogP) is -3.56. The second-order valence-electron chi connectivity index (χ2n) is 6.26. The molecule has 0 saturated carbocycles. The Bertz CT molecular complexity index is 1020. The highest BCUT2D eigenvalue weighted by atomic mass is 32.2. The zero-order chi connectivity index (χ0) is 21.5. The lowest BCUT2D eigenvalue weighted by Gasteiger charge is -2.25. The van der Waals surface area contributed by atoms with E-state index in [0.717, 1.165) is 6.33 Å². The van der Waals surface area contributed by atoms with Crippen LogP contribution in [0.3, 0.4) is 0 Å². The van der Waals surface area contributed by atoms with Gasteiger partial charge >= 0.3 is 10.3 Å². The summed E-state index contributed by atoms with van der Waals surface area (Å²) < 4.78 is 34.3. The normalized spacial score (nSPS) is 27.2. The highest BCUT2D eigenvalue weighted by molar-refractivity contribution is 7.84. The van der Waals surface area contributed by atoms with Crippen molar-refractivity contribution < 1.29 is 32.3 Å². The third kappa shape index (κ3) is 4.19. The van der Waals surface area contributed by atoms with Crippen LogP contribution in [0.4, 0.5) is 5.82 Å². The Hall–Kier alpha value is -1.92. The largest absolute Gasteiger partial charge is 0.387 e. The van der Waals surface area contributed by atoms with Crippen LogP contribution in [-0.4, -0.2) is 80.1 Å². The van der Waals surface area contributed by atoms with E-state index in [2.05, 4.69) is 31.8 Å². The standard InChI is InChI=1S/C13H19N7O7S2/c14-4(1-28)6(21)10(27-29(16,24)25)9-7(22)8(23)13(26-9)20-3-19-5-11(15)17-2-18-12(5)20/h2-4,7-10,13,22-23,28H,1,14H2,(H2,15,17,18)(H2,16,24,25)/t4-,7-,8+,9-,10?,13+/m0/s1. The number of aliphatic hydroxyl groups excluding tert-OH is 2. The Morgan fingerprint density at radius 3 is 2.66 bits per heavy atom. The predicted molar refractivity (Wildman–Crippen MR) is 100 cm³/mol. The minimum atomic E-state index is -4.63. The number of ketones is 1. The van der Waals surface area contributed by atoms with E-state index >= 15 is 0 Å². The number of nitrogens with zero attached hydrogens (tertiary/aromatic N) is 4. The monoisotopic (exact) mass is 449 g/mol. The van der Waals surface area contributed by atoms with Crippen molar-refractivity contribution in [2.24, 2.45) is 10.9 Å². The van der Waals surface area contributed by atoms with Crippen LogP contribution in [0.1, 0.15) is 6.23 Å². The van der Waals surface area contributed by atoms with Crippen molar-refractivity contribution in [3.63, 3.8) is 0 Å². The first-order chi connectivity index (χ1) is 13.5. The molecule has 0 amide bonds. The molecule has 8 N–H and O–H groups in total. The highest BCUT2D eigenvalue weighted by Gasteiger charge is 2.51. The first-order valence-corrected chi connectivity index (χ1v) is 10.2. The van der Waals surface area contributed by atoms with Gasteiger partial charge in [0.15, 0.2) is 29.6 Å². The van der Waals surface area contributed by atoms with Gasteiger partial charge in [-0.2, -0.15) is 21.0 Å². The summed E-state index contributed by atoms with van der Waals surface area (Å²) in [7, 11) is -4.63. The quantitative estimate of drug-likeness (QED) is 0.225. The third-order valence-electron chi connectivity index (χ3n) is 4.32. The van der Waals surface area contributed by atoms with Crippen molar-refractivity contribution in [1.29, 1.82) is 0 Å². The van der Waals surface area contributed by atoms with Gasteiger partial charge in [-0.25, -0.2) is 24.3 Å². The number of hydrogen-bond acceptors (Lipinski definition) is 13. The van der Waals surface area contributed by atoms with E-state index in [9.17, 15) is 23.4 Å². The summed E-state index contributed by atoms with van der Waals surface area (Å²) in [5, 5.41) is 25.8. The molecule has 0 aromatic carbocycles. The fourth-order valence-electron chi connectivity index (χ4n) is 2.93. The molecule has 160 valence electrons. The molecule has 3 heterocycles. The molecule has 16 heteroatoms. The van der Waals surface area contributed by atoms with Crippen LogP contribution < -0.4 is 16.6 Å². The van der Waals surface area contributed by atoms with Crippen molar-refractivity contribution in [3.8, 4) is 0 Å². The number of nitrogens with two attached hydrogens (primary N) is 3. The SMILES string of the molecule is Nc1ncnc2c1ncn2[C@@H]1O[C@H](C(OS(N)(=O)=O)C(=O)[C@@H](N)CS)[C@@H](O)[C@H]1O. The third-order valence-corrected chi connectivity index (χ3v) is 5.18. The van der Waals surface area contributed by atoms with Crippen molar-refractivity contribution in [3.05, 3.63) is 12.7 Å². The summed E-state index contributed by atoms with van der Waals surface area (Å²) in [4.78, 5) is 24.3. The number of ether oxygens (including phenoxy) is 1. The molecule has 2 aromatic heterocycles. The molecule has 1 unspecified atom stereocenters. The molecule has 1 saturated heterocycles. The second kappa shape index (κ2) is 8.07. The fraction of sp³-hybridized carbons (Fsp3) is 0.538. The summed E-state index contributed by atoms with van der Waals surface area (Å²) in [6.07, 6.45) is -5.80. The Balaban J connectivity index is 1.97. The average molecular weight is 449 g/mol. The van der Waals surface area contributed by atoms with Crippen LogP contribution >= 0.6 is 12.6 Å². The number of fused-ring (bicyclic) bond motifs is 1. The van der Waals surface area contributed by atoms with Crippen molar-refractivity contribution in [1.82, 2.24) is 19.5 Å². The van der Waals surface area contributed by atoms with E-state index in [4.69, 9.17) is 21.3 Å². The number of imidazole rings is 1. The van der Waals surface area contributed by atoms with E-state index in [1.807, 2.05) is 0 Å². The van der Waals surface area contributed by atoms with Gasteiger partial charge in [-0.05, 0) is 0 Å². The van der Waals surface area contributed by atoms with E-state index in [1.54, 1.807) is 0 Å².